The molecule has 1 atom stereocenters. The van der Waals surface area contributed by atoms with Crippen molar-refractivity contribution in [2.45, 2.75) is 88.8 Å². The number of unbranched alkanes of at least 4 members (excludes halogenated alkanes) is 2. The van der Waals surface area contributed by atoms with Gasteiger partial charge >= 0.3 is 0 Å². The van der Waals surface area contributed by atoms with E-state index in [0.717, 1.165) is 36.9 Å². The number of aryl methyl sites for hydroxylation is 1. The molecule has 1 aliphatic rings. The Morgan fingerprint density at radius 1 is 1.22 bits per heavy atom. The van der Waals surface area contributed by atoms with Crippen molar-refractivity contribution < 1.29 is 14.3 Å². The molecule has 1 N–H and O–H groups in total. The fourth-order valence-corrected chi connectivity index (χ4v) is 4.60. The second-order valence-electron chi connectivity index (χ2n) is 9.13. The lowest BCUT2D eigenvalue weighted by Crippen LogP contribution is -2.46. The van der Waals surface area contributed by atoms with Gasteiger partial charge in [0.05, 0.1) is 5.69 Å². The predicted octanol–water partition coefficient (Wildman–Crippen LogP) is 6.74. The minimum absolute atomic E-state index is 0.215. The Morgan fingerprint density at radius 3 is 2.53 bits per heavy atom. The number of ketones is 1. The van der Waals surface area contributed by atoms with E-state index in [1.807, 2.05) is 19.2 Å². The van der Waals surface area contributed by atoms with E-state index in [2.05, 4.69) is 48.0 Å². The van der Waals surface area contributed by atoms with E-state index in [-0.39, 0.29) is 12.3 Å². The van der Waals surface area contributed by atoms with Gasteiger partial charge in [0, 0.05) is 11.8 Å². The standard InChI is InChI=1S/C28H36FNO2/c1-3-5-7-8-21-10-15-26(30-20-21)24-13-11-22(12-14-24)23-16-18-28(32,19-17-23)27(31)25(29)9-6-4-2/h3,10-15,20,23,25,32H,1,4-9,16-19H2,2H3. The quantitative estimate of drug-likeness (QED) is 0.313. The van der Waals surface area contributed by atoms with Gasteiger partial charge in [-0.15, -0.1) is 6.58 Å². The summed E-state index contributed by atoms with van der Waals surface area (Å²) in [6.45, 7) is 5.73. The van der Waals surface area contributed by atoms with Crippen LogP contribution in [-0.2, 0) is 11.2 Å². The van der Waals surface area contributed by atoms with Gasteiger partial charge in [0.2, 0.25) is 0 Å². The minimum Gasteiger partial charge on any atom is -0.382 e. The van der Waals surface area contributed by atoms with Gasteiger partial charge in [0.25, 0.3) is 0 Å². The van der Waals surface area contributed by atoms with Crippen LogP contribution in [0.5, 0.6) is 0 Å². The SMILES string of the molecule is C=CCCCc1ccc(-c2ccc(C3CCC(O)(C(=O)C(F)CCCC)CC3)cc2)nc1. The average Bonchev–Trinajstić information content (AvgIpc) is 2.83. The molecule has 3 rings (SSSR count). The number of carbonyl (C=O) groups excluding carboxylic acids is 1. The molecular weight excluding hydrogens is 401 g/mol. The van der Waals surface area contributed by atoms with Crippen molar-refractivity contribution in [2.75, 3.05) is 0 Å². The highest BCUT2D eigenvalue weighted by Crippen LogP contribution is 2.40. The van der Waals surface area contributed by atoms with Crippen molar-refractivity contribution in [1.29, 1.82) is 0 Å². The molecule has 0 bridgehead atoms. The highest BCUT2D eigenvalue weighted by atomic mass is 19.1. The molecule has 1 fully saturated rings. The first-order chi connectivity index (χ1) is 15.5. The molecule has 1 aromatic carbocycles. The second-order valence-corrected chi connectivity index (χ2v) is 9.13. The van der Waals surface area contributed by atoms with Gasteiger partial charge in [0.1, 0.15) is 5.60 Å². The first-order valence-corrected chi connectivity index (χ1v) is 12.0. The summed E-state index contributed by atoms with van der Waals surface area (Å²) in [5.41, 5.74) is 2.97. The van der Waals surface area contributed by atoms with E-state index in [4.69, 9.17) is 0 Å². The number of aromatic nitrogens is 1. The van der Waals surface area contributed by atoms with Crippen LogP contribution in [0.4, 0.5) is 4.39 Å². The number of hydrogen-bond acceptors (Lipinski definition) is 3. The van der Waals surface area contributed by atoms with Crippen LogP contribution < -0.4 is 0 Å². The average molecular weight is 438 g/mol. The predicted molar refractivity (Wildman–Crippen MR) is 128 cm³/mol. The van der Waals surface area contributed by atoms with Crippen LogP contribution in [0.1, 0.15) is 81.8 Å². The fourth-order valence-electron chi connectivity index (χ4n) is 4.60. The molecule has 1 heterocycles. The zero-order chi connectivity index (χ0) is 23.0. The van der Waals surface area contributed by atoms with E-state index in [1.165, 1.54) is 11.1 Å². The summed E-state index contributed by atoms with van der Waals surface area (Å²) in [6, 6.07) is 12.6. The lowest BCUT2D eigenvalue weighted by atomic mass is 9.73. The van der Waals surface area contributed by atoms with Gasteiger partial charge < -0.3 is 5.11 Å². The summed E-state index contributed by atoms with van der Waals surface area (Å²) in [4.78, 5) is 17.0. The van der Waals surface area contributed by atoms with Crippen LogP contribution in [0.2, 0.25) is 0 Å². The third kappa shape index (κ3) is 6.13. The first kappa shape index (κ1) is 24.3. The van der Waals surface area contributed by atoms with Gasteiger partial charge in [-0.25, -0.2) is 4.39 Å². The molecule has 4 heteroatoms. The maximum Gasteiger partial charge on any atom is 0.198 e. The third-order valence-electron chi connectivity index (χ3n) is 6.74. The molecule has 0 aliphatic heterocycles. The molecule has 1 aliphatic carbocycles. The van der Waals surface area contributed by atoms with Crippen molar-refractivity contribution in [3.63, 3.8) is 0 Å². The molecule has 1 saturated carbocycles. The molecular formula is C28H36FNO2. The lowest BCUT2D eigenvalue weighted by Gasteiger charge is -2.35. The molecule has 172 valence electrons. The largest absolute Gasteiger partial charge is 0.382 e. The van der Waals surface area contributed by atoms with Crippen molar-refractivity contribution >= 4 is 5.78 Å². The number of allylic oxidation sites excluding steroid dienone is 1. The van der Waals surface area contributed by atoms with E-state index < -0.39 is 17.6 Å². The highest BCUT2D eigenvalue weighted by molar-refractivity contribution is 5.91. The molecule has 1 aromatic heterocycles. The van der Waals surface area contributed by atoms with Crippen LogP contribution in [-0.4, -0.2) is 27.6 Å². The molecule has 0 radical (unpaired) electrons. The van der Waals surface area contributed by atoms with E-state index >= 15 is 0 Å². The Labute approximate surface area is 191 Å². The molecule has 2 aromatic rings. The number of benzene rings is 1. The topological polar surface area (TPSA) is 50.2 Å². The van der Waals surface area contributed by atoms with Crippen LogP contribution in [0.25, 0.3) is 11.3 Å². The maximum atomic E-state index is 14.2. The van der Waals surface area contributed by atoms with Crippen LogP contribution >= 0.6 is 0 Å². The Morgan fingerprint density at radius 2 is 1.94 bits per heavy atom. The summed E-state index contributed by atoms with van der Waals surface area (Å²) in [5, 5.41) is 10.8. The number of Topliss-reactive ketones (excluding diaryl/α,β-unsaturated/α-hetero) is 1. The number of hydrogen-bond donors (Lipinski definition) is 1. The number of halogens is 1. The summed E-state index contributed by atoms with van der Waals surface area (Å²) in [7, 11) is 0. The van der Waals surface area contributed by atoms with Gasteiger partial charge in [0.15, 0.2) is 12.0 Å². The van der Waals surface area contributed by atoms with Crippen LogP contribution in [0.3, 0.4) is 0 Å². The van der Waals surface area contributed by atoms with E-state index in [1.54, 1.807) is 0 Å². The van der Waals surface area contributed by atoms with E-state index in [9.17, 15) is 14.3 Å². The minimum atomic E-state index is -1.54. The molecule has 32 heavy (non-hydrogen) atoms. The lowest BCUT2D eigenvalue weighted by molar-refractivity contribution is -0.146. The van der Waals surface area contributed by atoms with Crippen LogP contribution in [0.15, 0.2) is 55.3 Å². The van der Waals surface area contributed by atoms with Gasteiger partial charge in [-0.1, -0.05) is 56.2 Å². The van der Waals surface area contributed by atoms with E-state index in [0.29, 0.717) is 32.1 Å². The summed E-state index contributed by atoms with van der Waals surface area (Å²) in [5.74, 6) is -0.329. The van der Waals surface area contributed by atoms with Crippen LogP contribution in [0, 0.1) is 0 Å². The molecule has 0 saturated heterocycles. The zero-order valence-electron chi connectivity index (χ0n) is 19.2. The van der Waals surface area contributed by atoms with Gasteiger partial charge in [-0.3, -0.25) is 9.78 Å². The Kier molecular flexibility index (Phi) is 8.75. The van der Waals surface area contributed by atoms with Crippen molar-refractivity contribution in [2.24, 2.45) is 0 Å². The molecule has 1 unspecified atom stereocenters. The van der Waals surface area contributed by atoms with Crippen molar-refractivity contribution in [1.82, 2.24) is 4.98 Å². The van der Waals surface area contributed by atoms with Crippen molar-refractivity contribution in [3.05, 3.63) is 66.4 Å². The number of aliphatic hydroxyl groups is 1. The summed E-state index contributed by atoms with van der Waals surface area (Å²) >= 11 is 0. The monoisotopic (exact) mass is 437 g/mol. The zero-order valence-corrected chi connectivity index (χ0v) is 19.2. The maximum absolute atomic E-state index is 14.2. The third-order valence-corrected chi connectivity index (χ3v) is 6.74. The Bertz CT molecular complexity index is 867. The number of nitrogens with zero attached hydrogens (tertiary/aromatic N) is 1. The Balaban J connectivity index is 1.57. The summed E-state index contributed by atoms with van der Waals surface area (Å²) < 4.78 is 14.2. The molecule has 0 amide bonds. The number of alkyl halides is 1. The fraction of sp³-hybridized carbons (Fsp3) is 0.500. The molecule has 0 spiro atoms. The normalized spacial score (nSPS) is 21.8. The summed E-state index contributed by atoms with van der Waals surface area (Å²) in [6.07, 6.45) is 9.25. The van der Waals surface area contributed by atoms with Gasteiger partial charge in [-0.2, -0.15) is 0 Å². The smallest absolute Gasteiger partial charge is 0.198 e. The van der Waals surface area contributed by atoms with Crippen molar-refractivity contribution in [3.8, 4) is 11.3 Å². The Hall–Kier alpha value is -2.33. The number of carbonyl (C=O) groups is 1. The number of rotatable bonds is 11. The first-order valence-electron chi connectivity index (χ1n) is 12.0. The highest BCUT2D eigenvalue weighted by Gasteiger charge is 2.43. The van der Waals surface area contributed by atoms with Gasteiger partial charge in [-0.05, 0) is 74.5 Å². The molecule has 3 nitrogen and oxygen atoms in total. The number of pyridine rings is 1. The second kappa shape index (κ2) is 11.5.